The van der Waals surface area contributed by atoms with Crippen molar-refractivity contribution in [3.63, 3.8) is 0 Å². The lowest BCUT2D eigenvalue weighted by Gasteiger charge is -2.32. The van der Waals surface area contributed by atoms with Crippen LogP contribution in [0.4, 0.5) is 11.4 Å². The maximum Gasteiger partial charge on any atom is 0.0579 e. The Morgan fingerprint density at radius 2 is 1.90 bits per heavy atom. The molecule has 4 nitrogen and oxygen atoms in total. The average molecular weight is 286 g/mol. The largest absolute Gasteiger partial charge is 0.370 e. The molecule has 0 spiro atoms. The number of fused-ring (bicyclic) bond motifs is 1. The number of anilines is 2. The van der Waals surface area contributed by atoms with Gasteiger partial charge in [-0.3, -0.25) is 4.98 Å². The Morgan fingerprint density at radius 3 is 2.67 bits per heavy atom. The minimum absolute atomic E-state index is 0.666. The van der Waals surface area contributed by atoms with Gasteiger partial charge in [0.05, 0.1) is 23.8 Å². The van der Waals surface area contributed by atoms with Gasteiger partial charge < -0.3 is 14.7 Å². The molecular formula is C17H26N4. The van der Waals surface area contributed by atoms with Crippen LogP contribution in [0.15, 0.2) is 18.5 Å². The Balaban J connectivity index is 1.58. The van der Waals surface area contributed by atoms with E-state index in [4.69, 9.17) is 0 Å². The number of piperidine rings is 1. The van der Waals surface area contributed by atoms with Gasteiger partial charge in [-0.05, 0) is 51.8 Å². The van der Waals surface area contributed by atoms with Gasteiger partial charge in [-0.15, -0.1) is 0 Å². The number of nitrogens with zero attached hydrogens (tertiary/aromatic N) is 4. The van der Waals surface area contributed by atoms with Crippen LogP contribution in [0.2, 0.25) is 0 Å². The van der Waals surface area contributed by atoms with Crippen LogP contribution in [0, 0.1) is 5.92 Å². The lowest BCUT2D eigenvalue weighted by atomic mass is 10.1. The number of aromatic nitrogens is 1. The molecule has 0 amide bonds. The van der Waals surface area contributed by atoms with Crippen molar-refractivity contribution < 1.29 is 0 Å². The quantitative estimate of drug-likeness (QED) is 0.846. The summed E-state index contributed by atoms with van der Waals surface area (Å²) in [5, 5.41) is 0. The van der Waals surface area contributed by atoms with Gasteiger partial charge in [0.2, 0.25) is 0 Å². The van der Waals surface area contributed by atoms with Crippen LogP contribution in [0.25, 0.3) is 0 Å². The van der Waals surface area contributed by atoms with Crippen molar-refractivity contribution in [2.24, 2.45) is 5.92 Å². The summed E-state index contributed by atoms with van der Waals surface area (Å²) in [5.74, 6) is 0.936. The summed E-state index contributed by atoms with van der Waals surface area (Å²) in [6, 6.07) is 3.83. The first-order valence-corrected chi connectivity index (χ1v) is 8.35. The monoisotopic (exact) mass is 286 g/mol. The molecule has 1 aliphatic carbocycles. The van der Waals surface area contributed by atoms with Crippen molar-refractivity contribution in [3.8, 4) is 0 Å². The van der Waals surface area contributed by atoms with E-state index in [9.17, 15) is 0 Å². The molecule has 0 radical (unpaired) electrons. The fraction of sp³-hybridized carbons (Fsp3) is 0.706. The molecule has 2 aliphatic heterocycles. The van der Waals surface area contributed by atoms with E-state index in [-0.39, 0.29) is 0 Å². The van der Waals surface area contributed by atoms with Crippen molar-refractivity contribution in [2.75, 3.05) is 43.5 Å². The first kappa shape index (κ1) is 13.4. The van der Waals surface area contributed by atoms with Gasteiger partial charge in [0.25, 0.3) is 0 Å². The van der Waals surface area contributed by atoms with E-state index in [2.05, 4.69) is 46.0 Å². The summed E-state index contributed by atoms with van der Waals surface area (Å²) in [6.07, 6.45) is 9.50. The second-order valence-electron chi connectivity index (χ2n) is 7.22. The van der Waals surface area contributed by atoms with E-state index in [1.54, 1.807) is 0 Å². The van der Waals surface area contributed by atoms with E-state index >= 15 is 0 Å². The van der Waals surface area contributed by atoms with Crippen LogP contribution in [-0.4, -0.2) is 55.7 Å². The van der Waals surface area contributed by atoms with Crippen LogP contribution < -0.4 is 9.80 Å². The topological polar surface area (TPSA) is 22.6 Å². The fourth-order valence-electron chi connectivity index (χ4n) is 4.25. The van der Waals surface area contributed by atoms with Crippen molar-refractivity contribution in [1.82, 2.24) is 9.88 Å². The van der Waals surface area contributed by atoms with Crippen molar-refractivity contribution in [1.29, 1.82) is 0 Å². The van der Waals surface area contributed by atoms with Crippen LogP contribution in [0.3, 0.4) is 0 Å². The molecule has 1 aromatic rings. The standard InChI is InChI=1S/C17H26N4/c1-19(2)12-16-7-13-8-17(13)21(16)15-9-14(10-18-11-15)20-5-3-4-6-20/h9-11,13,16-17H,3-8,12H2,1-2H3. The summed E-state index contributed by atoms with van der Waals surface area (Å²) in [7, 11) is 4.36. The Kier molecular flexibility index (Phi) is 3.29. The zero-order chi connectivity index (χ0) is 14.4. The maximum absolute atomic E-state index is 4.54. The van der Waals surface area contributed by atoms with E-state index in [1.165, 1.54) is 50.1 Å². The summed E-state index contributed by atoms with van der Waals surface area (Å²) in [5.41, 5.74) is 2.66. The van der Waals surface area contributed by atoms with Gasteiger partial charge in [-0.25, -0.2) is 0 Å². The first-order valence-electron chi connectivity index (χ1n) is 8.35. The molecule has 1 saturated carbocycles. The van der Waals surface area contributed by atoms with E-state index in [1.807, 2.05) is 6.20 Å². The molecule has 0 aromatic carbocycles. The average Bonchev–Trinajstić information content (AvgIpc) is 2.91. The smallest absolute Gasteiger partial charge is 0.0579 e. The normalized spacial score (nSPS) is 31.1. The van der Waals surface area contributed by atoms with E-state index in [0.29, 0.717) is 6.04 Å². The van der Waals surface area contributed by atoms with Crippen molar-refractivity contribution in [2.45, 2.75) is 37.8 Å². The second kappa shape index (κ2) is 5.16. The molecule has 3 heterocycles. The Bertz CT molecular complexity index is 509. The van der Waals surface area contributed by atoms with E-state index in [0.717, 1.165) is 18.5 Å². The van der Waals surface area contributed by atoms with E-state index < -0.39 is 0 Å². The molecule has 3 aliphatic rings. The molecule has 3 unspecified atom stereocenters. The third-order valence-corrected chi connectivity index (χ3v) is 5.27. The number of pyridine rings is 1. The summed E-state index contributed by atoms with van der Waals surface area (Å²) in [4.78, 5) is 12.0. The molecule has 2 saturated heterocycles. The fourth-order valence-corrected chi connectivity index (χ4v) is 4.25. The SMILES string of the molecule is CN(C)CC1CC2CC2N1c1cncc(N2CCCC2)c1. The molecule has 0 N–H and O–H groups in total. The Morgan fingerprint density at radius 1 is 1.14 bits per heavy atom. The lowest BCUT2D eigenvalue weighted by Crippen LogP contribution is -2.40. The predicted molar refractivity (Wildman–Crippen MR) is 87.0 cm³/mol. The highest BCUT2D eigenvalue weighted by Crippen LogP contribution is 2.50. The van der Waals surface area contributed by atoms with Gasteiger partial charge in [-0.2, -0.15) is 0 Å². The van der Waals surface area contributed by atoms with Crippen LogP contribution in [0.5, 0.6) is 0 Å². The van der Waals surface area contributed by atoms with Gasteiger partial charge in [0.15, 0.2) is 0 Å². The van der Waals surface area contributed by atoms with Crippen molar-refractivity contribution in [3.05, 3.63) is 18.5 Å². The third-order valence-electron chi connectivity index (χ3n) is 5.27. The number of rotatable bonds is 4. The molecular weight excluding hydrogens is 260 g/mol. The highest BCUT2D eigenvalue weighted by Gasteiger charge is 2.52. The molecule has 4 rings (SSSR count). The molecule has 3 atom stereocenters. The molecule has 0 bridgehead atoms. The molecule has 1 aromatic heterocycles. The predicted octanol–water partition coefficient (Wildman–Crippen LogP) is 2.21. The van der Waals surface area contributed by atoms with Gasteiger partial charge >= 0.3 is 0 Å². The maximum atomic E-state index is 4.54. The summed E-state index contributed by atoms with van der Waals surface area (Å²) < 4.78 is 0. The number of likely N-dealkylation sites (N-methyl/N-ethyl adjacent to an activating group) is 1. The van der Waals surface area contributed by atoms with Gasteiger partial charge in [-0.1, -0.05) is 0 Å². The molecule has 4 heteroatoms. The first-order chi connectivity index (χ1) is 10.2. The van der Waals surface area contributed by atoms with Crippen LogP contribution in [0.1, 0.15) is 25.7 Å². The van der Waals surface area contributed by atoms with Crippen LogP contribution in [-0.2, 0) is 0 Å². The minimum Gasteiger partial charge on any atom is -0.370 e. The zero-order valence-corrected chi connectivity index (χ0v) is 13.2. The Labute approximate surface area is 127 Å². The minimum atomic E-state index is 0.666. The zero-order valence-electron chi connectivity index (χ0n) is 13.2. The highest BCUT2D eigenvalue weighted by molar-refractivity contribution is 5.60. The highest BCUT2D eigenvalue weighted by atomic mass is 15.3. The van der Waals surface area contributed by atoms with Gasteiger partial charge in [0.1, 0.15) is 0 Å². The number of hydrogen-bond donors (Lipinski definition) is 0. The lowest BCUT2D eigenvalue weighted by molar-refractivity contribution is 0.361. The summed E-state index contributed by atoms with van der Waals surface area (Å²) >= 11 is 0. The van der Waals surface area contributed by atoms with Crippen LogP contribution >= 0.6 is 0 Å². The number of hydrogen-bond acceptors (Lipinski definition) is 4. The molecule has 3 fully saturated rings. The Hall–Kier alpha value is -1.29. The van der Waals surface area contributed by atoms with Gasteiger partial charge in [0, 0.05) is 31.7 Å². The third kappa shape index (κ3) is 2.50. The summed E-state index contributed by atoms with van der Waals surface area (Å²) in [6.45, 7) is 3.54. The molecule has 114 valence electrons. The van der Waals surface area contributed by atoms with Crippen molar-refractivity contribution >= 4 is 11.4 Å². The molecule has 21 heavy (non-hydrogen) atoms. The second-order valence-corrected chi connectivity index (χ2v) is 7.22.